The van der Waals surface area contributed by atoms with Crippen LogP contribution in [0, 0.1) is 6.92 Å². The Hall–Kier alpha value is -1.32. The van der Waals surface area contributed by atoms with Gasteiger partial charge in [0.15, 0.2) is 0 Å². The van der Waals surface area contributed by atoms with Crippen LogP contribution in [0.5, 0.6) is 0 Å². The van der Waals surface area contributed by atoms with Gasteiger partial charge in [0.25, 0.3) is 0 Å². The lowest BCUT2D eigenvalue weighted by molar-refractivity contribution is 0.596. The highest BCUT2D eigenvalue weighted by molar-refractivity contribution is 7.91. The van der Waals surface area contributed by atoms with E-state index in [1.165, 1.54) is 6.07 Å². The van der Waals surface area contributed by atoms with Crippen molar-refractivity contribution in [1.82, 2.24) is 0 Å². The summed E-state index contributed by atoms with van der Waals surface area (Å²) in [6.07, 6.45) is 0. The Morgan fingerprint density at radius 1 is 0.941 bits per heavy atom. The van der Waals surface area contributed by atoms with Crippen molar-refractivity contribution < 1.29 is 8.42 Å². The Labute approximate surface area is 106 Å². The number of hydrogen-bond acceptors (Lipinski definition) is 2. The molecule has 0 saturated carbocycles. The topological polar surface area (TPSA) is 34.1 Å². The lowest BCUT2D eigenvalue weighted by Crippen LogP contribution is -2.01. The molecule has 0 bridgehead atoms. The molecule has 0 aliphatic rings. The number of halogens is 1. The summed E-state index contributed by atoms with van der Waals surface area (Å²) >= 11 is 5.80. The van der Waals surface area contributed by atoms with E-state index in [0.29, 0.717) is 5.02 Å². The van der Waals surface area contributed by atoms with E-state index < -0.39 is 9.84 Å². The van der Waals surface area contributed by atoms with Crippen molar-refractivity contribution in [3.63, 3.8) is 0 Å². The van der Waals surface area contributed by atoms with E-state index in [-0.39, 0.29) is 9.79 Å². The molecule has 0 unspecified atom stereocenters. The zero-order chi connectivity index (χ0) is 12.5. The van der Waals surface area contributed by atoms with Gasteiger partial charge in [-0.2, -0.15) is 0 Å². The zero-order valence-electron chi connectivity index (χ0n) is 9.22. The number of aryl methyl sites for hydroxylation is 1. The average Bonchev–Trinajstić information content (AvgIpc) is 2.29. The van der Waals surface area contributed by atoms with Crippen LogP contribution in [0.2, 0.25) is 5.02 Å². The SMILES string of the molecule is Cc1ccc(S(=O)(=O)c2cccc(Cl)c2)cc1. The van der Waals surface area contributed by atoms with E-state index in [4.69, 9.17) is 11.6 Å². The van der Waals surface area contributed by atoms with Crippen molar-refractivity contribution in [3.05, 3.63) is 59.1 Å². The maximum absolute atomic E-state index is 12.2. The molecule has 2 aromatic carbocycles. The second-order valence-corrected chi connectivity index (χ2v) is 6.16. The smallest absolute Gasteiger partial charge is 0.206 e. The average molecular weight is 267 g/mol. The Bertz CT molecular complexity index is 631. The minimum absolute atomic E-state index is 0.217. The van der Waals surface area contributed by atoms with E-state index in [1.54, 1.807) is 42.5 Å². The molecule has 0 atom stereocenters. The van der Waals surface area contributed by atoms with Crippen molar-refractivity contribution in [2.75, 3.05) is 0 Å². The van der Waals surface area contributed by atoms with Gasteiger partial charge in [-0.1, -0.05) is 35.4 Å². The van der Waals surface area contributed by atoms with Crippen molar-refractivity contribution in [2.45, 2.75) is 16.7 Å². The molecule has 2 nitrogen and oxygen atoms in total. The highest BCUT2D eigenvalue weighted by Crippen LogP contribution is 2.23. The normalized spacial score (nSPS) is 11.4. The van der Waals surface area contributed by atoms with Gasteiger partial charge in [0.1, 0.15) is 0 Å². The third kappa shape index (κ3) is 2.51. The minimum Gasteiger partial charge on any atom is -0.219 e. The Morgan fingerprint density at radius 2 is 1.59 bits per heavy atom. The van der Waals surface area contributed by atoms with Gasteiger partial charge in [-0.3, -0.25) is 0 Å². The third-order valence-electron chi connectivity index (χ3n) is 2.44. The van der Waals surface area contributed by atoms with Crippen LogP contribution in [-0.2, 0) is 9.84 Å². The van der Waals surface area contributed by atoms with Crippen LogP contribution in [0.4, 0.5) is 0 Å². The molecule has 0 aliphatic carbocycles. The highest BCUT2D eigenvalue weighted by atomic mass is 35.5. The molecule has 88 valence electrons. The van der Waals surface area contributed by atoms with Crippen LogP contribution >= 0.6 is 11.6 Å². The summed E-state index contributed by atoms with van der Waals surface area (Å²) in [6, 6.07) is 13.0. The van der Waals surface area contributed by atoms with Crippen LogP contribution in [-0.4, -0.2) is 8.42 Å². The van der Waals surface area contributed by atoms with Gasteiger partial charge in [-0.05, 0) is 37.3 Å². The summed E-state index contributed by atoms with van der Waals surface area (Å²) in [5.74, 6) is 0. The molecule has 0 aliphatic heterocycles. The second-order valence-electron chi connectivity index (χ2n) is 3.77. The predicted octanol–water partition coefficient (Wildman–Crippen LogP) is 3.48. The number of rotatable bonds is 2. The molecule has 2 aromatic rings. The second kappa shape index (κ2) is 4.51. The van der Waals surface area contributed by atoms with Gasteiger partial charge in [0.05, 0.1) is 9.79 Å². The van der Waals surface area contributed by atoms with Crippen LogP contribution in [0.3, 0.4) is 0 Å². The third-order valence-corrected chi connectivity index (χ3v) is 4.44. The van der Waals surface area contributed by atoms with Crippen molar-refractivity contribution >= 4 is 21.4 Å². The molecule has 0 N–H and O–H groups in total. The van der Waals surface area contributed by atoms with Gasteiger partial charge in [-0.15, -0.1) is 0 Å². The van der Waals surface area contributed by atoms with Gasteiger partial charge >= 0.3 is 0 Å². The molecular formula is C13H11ClO2S. The fourth-order valence-corrected chi connectivity index (χ4v) is 3.05. The highest BCUT2D eigenvalue weighted by Gasteiger charge is 2.17. The van der Waals surface area contributed by atoms with Crippen LogP contribution in [0.25, 0.3) is 0 Å². The number of sulfone groups is 1. The summed E-state index contributed by atoms with van der Waals surface area (Å²) in [4.78, 5) is 0.499. The zero-order valence-corrected chi connectivity index (χ0v) is 10.8. The van der Waals surface area contributed by atoms with E-state index in [9.17, 15) is 8.42 Å². The van der Waals surface area contributed by atoms with Crippen LogP contribution < -0.4 is 0 Å². The van der Waals surface area contributed by atoms with Crippen LogP contribution in [0.15, 0.2) is 58.3 Å². The molecule has 0 spiro atoms. The molecule has 0 aromatic heterocycles. The van der Waals surface area contributed by atoms with E-state index in [1.807, 2.05) is 6.92 Å². The first-order chi connectivity index (χ1) is 8.00. The summed E-state index contributed by atoms with van der Waals surface area (Å²) < 4.78 is 24.5. The first-order valence-corrected chi connectivity index (χ1v) is 6.93. The van der Waals surface area contributed by atoms with Crippen molar-refractivity contribution in [1.29, 1.82) is 0 Å². The number of hydrogen-bond donors (Lipinski definition) is 0. The Balaban J connectivity index is 2.54. The minimum atomic E-state index is -3.46. The van der Waals surface area contributed by atoms with Gasteiger partial charge < -0.3 is 0 Å². The predicted molar refractivity (Wildman–Crippen MR) is 68.1 cm³/mol. The molecule has 0 heterocycles. The van der Waals surface area contributed by atoms with Gasteiger partial charge in [-0.25, -0.2) is 8.42 Å². The molecular weight excluding hydrogens is 256 g/mol. The molecule has 0 amide bonds. The number of benzene rings is 2. The molecule has 0 saturated heterocycles. The Kier molecular flexibility index (Phi) is 3.22. The molecule has 17 heavy (non-hydrogen) atoms. The van der Waals surface area contributed by atoms with Crippen molar-refractivity contribution in [3.8, 4) is 0 Å². The van der Waals surface area contributed by atoms with Crippen molar-refractivity contribution in [2.24, 2.45) is 0 Å². The first kappa shape index (κ1) is 12.1. The van der Waals surface area contributed by atoms with E-state index in [2.05, 4.69) is 0 Å². The summed E-state index contributed by atoms with van der Waals surface area (Å²) in [6.45, 7) is 1.91. The molecule has 4 heteroatoms. The van der Waals surface area contributed by atoms with E-state index >= 15 is 0 Å². The largest absolute Gasteiger partial charge is 0.219 e. The molecule has 2 rings (SSSR count). The maximum atomic E-state index is 12.2. The maximum Gasteiger partial charge on any atom is 0.206 e. The lowest BCUT2D eigenvalue weighted by atomic mass is 10.2. The monoisotopic (exact) mass is 266 g/mol. The summed E-state index contributed by atoms with van der Waals surface area (Å²) in [5.41, 5.74) is 1.02. The van der Waals surface area contributed by atoms with Gasteiger partial charge in [0.2, 0.25) is 9.84 Å². The van der Waals surface area contributed by atoms with Gasteiger partial charge in [0, 0.05) is 5.02 Å². The summed E-state index contributed by atoms with van der Waals surface area (Å²) in [5, 5.41) is 0.415. The van der Waals surface area contributed by atoms with Crippen LogP contribution in [0.1, 0.15) is 5.56 Å². The fraction of sp³-hybridized carbons (Fsp3) is 0.0769. The lowest BCUT2D eigenvalue weighted by Gasteiger charge is -2.05. The molecule has 0 fully saturated rings. The first-order valence-electron chi connectivity index (χ1n) is 5.07. The quantitative estimate of drug-likeness (QED) is 0.834. The summed E-state index contributed by atoms with van der Waals surface area (Å²) in [7, 11) is -3.46. The fourth-order valence-electron chi connectivity index (χ4n) is 1.49. The Morgan fingerprint density at radius 3 is 2.18 bits per heavy atom. The van der Waals surface area contributed by atoms with E-state index in [0.717, 1.165) is 5.56 Å². The molecule has 0 radical (unpaired) electrons. The standard InChI is InChI=1S/C13H11ClO2S/c1-10-5-7-12(8-6-10)17(15,16)13-4-2-3-11(14)9-13/h2-9H,1H3.